The summed E-state index contributed by atoms with van der Waals surface area (Å²) in [6.45, 7) is 3.85. The van der Waals surface area contributed by atoms with Gasteiger partial charge in [0.15, 0.2) is 0 Å². The third-order valence-corrected chi connectivity index (χ3v) is 4.15. The van der Waals surface area contributed by atoms with E-state index in [2.05, 4.69) is 15.0 Å². The van der Waals surface area contributed by atoms with E-state index in [1.807, 2.05) is 30.0 Å². The third-order valence-electron chi connectivity index (χ3n) is 4.15. The van der Waals surface area contributed by atoms with Crippen LogP contribution < -0.4 is 0 Å². The van der Waals surface area contributed by atoms with Gasteiger partial charge in [-0.1, -0.05) is 6.07 Å². The highest BCUT2D eigenvalue weighted by molar-refractivity contribution is 5.78. The molecule has 1 aliphatic rings. The standard InChI is InChI=1S/C18H22N4O2/c1-14-9-16(21-13-20-14)4-5-17-12-22(7-8-24-17)18(23)10-15-3-2-6-19-11-15/h2-3,6,9,11,13,17H,4-5,7-8,10,12H2,1H3/t17-/m1/s1. The average Bonchev–Trinajstić information content (AvgIpc) is 2.61. The fourth-order valence-electron chi connectivity index (χ4n) is 2.86. The van der Waals surface area contributed by atoms with Gasteiger partial charge in [-0.3, -0.25) is 9.78 Å². The van der Waals surface area contributed by atoms with Gasteiger partial charge in [0.1, 0.15) is 6.33 Å². The molecule has 0 N–H and O–H groups in total. The molecular formula is C18H22N4O2. The molecule has 1 aliphatic heterocycles. The van der Waals surface area contributed by atoms with Crippen molar-refractivity contribution in [1.29, 1.82) is 0 Å². The maximum atomic E-state index is 12.5. The van der Waals surface area contributed by atoms with Gasteiger partial charge in [-0.15, -0.1) is 0 Å². The monoisotopic (exact) mass is 326 g/mol. The second-order valence-corrected chi connectivity index (χ2v) is 6.06. The Bertz CT molecular complexity index is 678. The summed E-state index contributed by atoms with van der Waals surface area (Å²) in [5, 5.41) is 0. The van der Waals surface area contributed by atoms with Crippen LogP contribution in [0.5, 0.6) is 0 Å². The lowest BCUT2D eigenvalue weighted by atomic mass is 10.1. The normalized spacial score (nSPS) is 17.7. The Morgan fingerprint density at radius 2 is 2.33 bits per heavy atom. The van der Waals surface area contributed by atoms with E-state index in [1.54, 1.807) is 18.7 Å². The molecular weight excluding hydrogens is 304 g/mol. The van der Waals surface area contributed by atoms with Crippen LogP contribution in [0.25, 0.3) is 0 Å². The fourth-order valence-corrected chi connectivity index (χ4v) is 2.86. The molecule has 6 nitrogen and oxygen atoms in total. The van der Waals surface area contributed by atoms with Crippen LogP contribution >= 0.6 is 0 Å². The molecule has 0 radical (unpaired) electrons. The Labute approximate surface area is 141 Å². The van der Waals surface area contributed by atoms with Gasteiger partial charge in [0.2, 0.25) is 5.91 Å². The van der Waals surface area contributed by atoms with Crippen molar-refractivity contribution in [1.82, 2.24) is 19.9 Å². The van der Waals surface area contributed by atoms with Crippen LogP contribution in [0.1, 0.15) is 23.4 Å². The minimum absolute atomic E-state index is 0.0619. The van der Waals surface area contributed by atoms with Gasteiger partial charge < -0.3 is 9.64 Å². The predicted molar refractivity (Wildman–Crippen MR) is 89.4 cm³/mol. The number of morpholine rings is 1. The molecule has 2 aromatic heterocycles. The molecule has 1 atom stereocenters. The minimum Gasteiger partial charge on any atom is -0.375 e. The first kappa shape index (κ1) is 16.5. The largest absolute Gasteiger partial charge is 0.375 e. The number of ether oxygens (including phenoxy) is 1. The Balaban J connectivity index is 1.51. The average molecular weight is 326 g/mol. The molecule has 1 saturated heterocycles. The molecule has 0 aromatic carbocycles. The summed E-state index contributed by atoms with van der Waals surface area (Å²) in [7, 11) is 0. The highest BCUT2D eigenvalue weighted by Gasteiger charge is 2.24. The molecule has 126 valence electrons. The summed E-state index contributed by atoms with van der Waals surface area (Å²) in [5.74, 6) is 0.134. The van der Waals surface area contributed by atoms with Crippen molar-refractivity contribution >= 4 is 5.91 Å². The van der Waals surface area contributed by atoms with Crippen molar-refractivity contribution in [2.24, 2.45) is 0 Å². The smallest absolute Gasteiger partial charge is 0.227 e. The second-order valence-electron chi connectivity index (χ2n) is 6.06. The fraction of sp³-hybridized carbons (Fsp3) is 0.444. The van der Waals surface area contributed by atoms with Gasteiger partial charge in [-0.25, -0.2) is 9.97 Å². The minimum atomic E-state index is 0.0619. The quantitative estimate of drug-likeness (QED) is 0.834. The molecule has 1 amide bonds. The van der Waals surface area contributed by atoms with E-state index in [0.717, 1.165) is 29.8 Å². The highest BCUT2D eigenvalue weighted by atomic mass is 16.5. The molecule has 1 fully saturated rings. The number of hydrogen-bond acceptors (Lipinski definition) is 5. The number of pyridine rings is 1. The van der Waals surface area contributed by atoms with E-state index < -0.39 is 0 Å². The molecule has 24 heavy (non-hydrogen) atoms. The van der Waals surface area contributed by atoms with Gasteiger partial charge in [0.25, 0.3) is 0 Å². The number of aryl methyl sites for hydroxylation is 2. The van der Waals surface area contributed by atoms with Crippen molar-refractivity contribution in [2.75, 3.05) is 19.7 Å². The van der Waals surface area contributed by atoms with Crippen LogP contribution in [0.2, 0.25) is 0 Å². The molecule has 0 bridgehead atoms. The molecule has 2 aromatic rings. The van der Waals surface area contributed by atoms with E-state index in [1.165, 1.54) is 0 Å². The summed E-state index contributed by atoms with van der Waals surface area (Å²) in [5.41, 5.74) is 2.93. The van der Waals surface area contributed by atoms with Gasteiger partial charge in [-0.05, 0) is 37.5 Å². The lowest BCUT2D eigenvalue weighted by Gasteiger charge is -2.33. The molecule has 0 aliphatic carbocycles. The maximum Gasteiger partial charge on any atom is 0.227 e. The number of amides is 1. The summed E-state index contributed by atoms with van der Waals surface area (Å²) >= 11 is 0. The number of hydrogen-bond donors (Lipinski definition) is 0. The third kappa shape index (κ3) is 4.58. The molecule has 3 heterocycles. The maximum absolute atomic E-state index is 12.5. The molecule has 0 spiro atoms. The van der Waals surface area contributed by atoms with Crippen LogP contribution in [0, 0.1) is 6.92 Å². The lowest BCUT2D eigenvalue weighted by Crippen LogP contribution is -2.46. The first-order valence-corrected chi connectivity index (χ1v) is 8.26. The number of carbonyl (C=O) groups excluding carboxylic acids is 1. The summed E-state index contributed by atoms with van der Waals surface area (Å²) in [6.07, 6.45) is 7.20. The van der Waals surface area contributed by atoms with Crippen molar-refractivity contribution in [2.45, 2.75) is 32.3 Å². The van der Waals surface area contributed by atoms with Crippen molar-refractivity contribution in [3.63, 3.8) is 0 Å². The highest BCUT2D eigenvalue weighted by Crippen LogP contribution is 2.13. The van der Waals surface area contributed by atoms with Crippen LogP contribution in [0.4, 0.5) is 0 Å². The number of nitrogens with zero attached hydrogens (tertiary/aromatic N) is 4. The van der Waals surface area contributed by atoms with Crippen molar-refractivity contribution < 1.29 is 9.53 Å². The molecule has 6 heteroatoms. The topological polar surface area (TPSA) is 68.2 Å². The van der Waals surface area contributed by atoms with Crippen molar-refractivity contribution in [3.8, 4) is 0 Å². The lowest BCUT2D eigenvalue weighted by molar-refractivity contribution is -0.138. The predicted octanol–water partition coefficient (Wildman–Crippen LogP) is 1.58. The van der Waals surface area contributed by atoms with Gasteiger partial charge in [-0.2, -0.15) is 0 Å². The van der Waals surface area contributed by atoms with E-state index in [-0.39, 0.29) is 12.0 Å². The van der Waals surface area contributed by atoms with Crippen LogP contribution in [0.15, 0.2) is 36.9 Å². The summed E-state index contributed by atoms with van der Waals surface area (Å²) in [6, 6.07) is 5.78. The SMILES string of the molecule is Cc1cc(CC[C@@H]2CN(C(=O)Cc3cccnc3)CCO2)ncn1. The Kier molecular flexibility index (Phi) is 5.48. The van der Waals surface area contributed by atoms with Gasteiger partial charge >= 0.3 is 0 Å². The van der Waals surface area contributed by atoms with Crippen LogP contribution in [-0.4, -0.2) is 51.6 Å². The van der Waals surface area contributed by atoms with E-state index in [0.29, 0.717) is 26.1 Å². The zero-order chi connectivity index (χ0) is 16.8. The van der Waals surface area contributed by atoms with Crippen LogP contribution in [-0.2, 0) is 22.4 Å². The second kappa shape index (κ2) is 7.97. The molecule has 0 unspecified atom stereocenters. The van der Waals surface area contributed by atoms with Crippen LogP contribution in [0.3, 0.4) is 0 Å². The first-order valence-electron chi connectivity index (χ1n) is 8.26. The Morgan fingerprint density at radius 3 is 3.12 bits per heavy atom. The number of carbonyl (C=O) groups is 1. The van der Waals surface area contributed by atoms with E-state index in [9.17, 15) is 4.79 Å². The number of rotatable bonds is 5. The zero-order valence-electron chi connectivity index (χ0n) is 13.9. The summed E-state index contributed by atoms with van der Waals surface area (Å²) < 4.78 is 5.81. The van der Waals surface area contributed by atoms with Gasteiger partial charge in [0, 0.05) is 36.9 Å². The van der Waals surface area contributed by atoms with E-state index >= 15 is 0 Å². The summed E-state index contributed by atoms with van der Waals surface area (Å²) in [4.78, 5) is 26.8. The first-order chi connectivity index (χ1) is 11.7. The molecule has 3 rings (SSSR count). The Morgan fingerprint density at radius 1 is 1.42 bits per heavy atom. The number of aromatic nitrogens is 3. The van der Waals surface area contributed by atoms with Gasteiger partial charge in [0.05, 0.1) is 19.1 Å². The Hall–Kier alpha value is -2.34. The zero-order valence-corrected chi connectivity index (χ0v) is 13.9. The van der Waals surface area contributed by atoms with E-state index in [4.69, 9.17) is 4.74 Å². The van der Waals surface area contributed by atoms with Crippen molar-refractivity contribution in [3.05, 3.63) is 53.9 Å². The molecule has 0 saturated carbocycles.